The highest BCUT2D eigenvalue weighted by Crippen LogP contribution is 2.28. The molecule has 3 aromatic carbocycles. The Morgan fingerprint density at radius 2 is 1.76 bits per heavy atom. The van der Waals surface area contributed by atoms with Crippen molar-refractivity contribution in [1.29, 1.82) is 0 Å². The minimum atomic E-state index is -0.356. The fourth-order valence-electron chi connectivity index (χ4n) is 2.81. The first-order valence-corrected chi connectivity index (χ1v) is 10.8. The molecule has 3 rings (SSSR count). The molecular weight excluding hydrogens is 440 g/mol. The lowest BCUT2D eigenvalue weighted by molar-refractivity contribution is 0.0954. The number of halogens is 1. The van der Waals surface area contributed by atoms with Crippen molar-refractivity contribution < 1.29 is 19.0 Å². The molecular formula is C26H25ClN2O4. The average molecular weight is 465 g/mol. The van der Waals surface area contributed by atoms with Crippen LogP contribution in [0.5, 0.6) is 17.2 Å². The normalized spacial score (nSPS) is 10.6. The van der Waals surface area contributed by atoms with Gasteiger partial charge in [0.25, 0.3) is 5.91 Å². The number of hydrogen-bond donors (Lipinski definition) is 1. The van der Waals surface area contributed by atoms with Crippen LogP contribution in [0, 0.1) is 0 Å². The van der Waals surface area contributed by atoms with E-state index in [1.165, 1.54) is 0 Å². The fraction of sp³-hybridized carbons (Fsp3) is 0.154. The van der Waals surface area contributed by atoms with Crippen LogP contribution in [0.1, 0.15) is 28.4 Å². The Labute approximate surface area is 198 Å². The van der Waals surface area contributed by atoms with Crippen LogP contribution in [0.3, 0.4) is 0 Å². The molecule has 7 heteroatoms. The molecule has 0 saturated heterocycles. The quantitative estimate of drug-likeness (QED) is 0.226. The SMILES string of the molecule is C=CCOc1ccc(C(=O)N/N=C/c2ccc(OCc3ccc(Cl)cc3)cc2)cc1OCC. The molecule has 0 aliphatic rings. The van der Waals surface area contributed by atoms with E-state index in [0.29, 0.717) is 41.9 Å². The standard InChI is InChI=1S/C26H25ClN2O4/c1-3-15-32-24-14-9-21(16-25(24)31-4-2)26(30)29-28-17-19-7-12-23(13-8-19)33-18-20-5-10-22(27)11-6-20/h3,5-14,16-17H,1,4,15,18H2,2H3,(H,29,30)/b28-17+. The molecule has 0 radical (unpaired) electrons. The molecule has 0 heterocycles. The van der Waals surface area contributed by atoms with Crippen molar-refractivity contribution in [2.45, 2.75) is 13.5 Å². The Balaban J connectivity index is 1.54. The van der Waals surface area contributed by atoms with Gasteiger partial charge in [-0.15, -0.1) is 0 Å². The Hall–Kier alpha value is -3.77. The summed E-state index contributed by atoms with van der Waals surface area (Å²) in [5.74, 6) is 1.42. The lowest BCUT2D eigenvalue weighted by Crippen LogP contribution is -2.17. The van der Waals surface area contributed by atoms with Gasteiger partial charge in [0.1, 0.15) is 19.0 Å². The maximum absolute atomic E-state index is 12.4. The average Bonchev–Trinajstić information content (AvgIpc) is 2.84. The van der Waals surface area contributed by atoms with Crippen molar-refractivity contribution in [3.05, 3.63) is 101 Å². The van der Waals surface area contributed by atoms with Gasteiger partial charge in [0.05, 0.1) is 12.8 Å². The maximum atomic E-state index is 12.4. The molecule has 0 aliphatic carbocycles. The number of hydrazone groups is 1. The second-order valence-electron chi connectivity index (χ2n) is 6.88. The Kier molecular flexibility index (Phi) is 8.91. The van der Waals surface area contributed by atoms with Crippen molar-refractivity contribution in [1.82, 2.24) is 5.43 Å². The van der Waals surface area contributed by atoms with Crippen LogP contribution < -0.4 is 19.6 Å². The van der Waals surface area contributed by atoms with E-state index in [9.17, 15) is 4.79 Å². The van der Waals surface area contributed by atoms with Crippen molar-refractivity contribution in [2.24, 2.45) is 5.10 Å². The van der Waals surface area contributed by atoms with E-state index in [1.807, 2.05) is 55.5 Å². The summed E-state index contributed by atoms with van der Waals surface area (Å²) in [5, 5.41) is 4.73. The second kappa shape index (κ2) is 12.3. The van der Waals surface area contributed by atoms with Crippen molar-refractivity contribution in [3.8, 4) is 17.2 Å². The molecule has 0 atom stereocenters. The molecule has 0 bridgehead atoms. The summed E-state index contributed by atoms with van der Waals surface area (Å²) in [5.41, 5.74) is 4.78. The molecule has 0 unspecified atom stereocenters. The Morgan fingerprint density at radius 1 is 1.00 bits per heavy atom. The summed E-state index contributed by atoms with van der Waals surface area (Å²) in [7, 11) is 0. The lowest BCUT2D eigenvalue weighted by Gasteiger charge is -2.12. The van der Waals surface area contributed by atoms with Crippen molar-refractivity contribution >= 4 is 23.7 Å². The number of rotatable bonds is 11. The third-order valence-corrected chi connectivity index (χ3v) is 4.69. The van der Waals surface area contributed by atoms with Crippen molar-refractivity contribution in [2.75, 3.05) is 13.2 Å². The van der Waals surface area contributed by atoms with Crippen LogP contribution in [0.4, 0.5) is 0 Å². The zero-order chi connectivity index (χ0) is 23.5. The number of nitrogens with one attached hydrogen (secondary N) is 1. The number of benzene rings is 3. The van der Waals surface area contributed by atoms with Gasteiger partial charge in [0, 0.05) is 10.6 Å². The van der Waals surface area contributed by atoms with Gasteiger partial charge in [0.2, 0.25) is 0 Å². The van der Waals surface area contributed by atoms with Crippen LogP contribution >= 0.6 is 11.6 Å². The van der Waals surface area contributed by atoms with E-state index in [4.69, 9.17) is 25.8 Å². The first-order valence-electron chi connectivity index (χ1n) is 10.4. The number of carbonyl (C=O) groups excluding carboxylic acids is 1. The van der Waals surface area contributed by atoms with Gasteiger partial charge in [-0.2, -0.15) is 5.10 Å². The zero-order valence-electron chi connectivity index (χ0n) is 18.3. The highest BCUT2D eigenvalue weighted by Gasteiger charge is 2.11. The number of carbonyl (C=O) groups is 1. The third kappa shape index (κ3) is 7.40. The molecule has 33 heavy (non-hydrogen) atoms. The van der Waals surface area contributed by atoms with Crippen LogP contribution in [0.2, 0.25) is 5.02 Å². The van der Waals surface area contributed by atoms with Gasteiger partial charge in [-0.05, 0) is 72.6 Å². The number of hydrogen-bond acceptors (Lipinski definition) is 5. The molecule has 0 aliphatic heterocycles. The van der Waals surface area contributed by atoms with Gasteiger partial charge in [-0.3, -0.25) is 4.79 Å². The first-order chi connectivity index (χ1) is 16.1. The van der Waals surface area contributed by atoms with Crippen molar-refractivity contribution in [3.63, 3.8) is 0 Å². The predicted octanol–water partition coefficient (Wildman–Crippen LogP) is 5.65. The molecule has 0 fully saturated rings. The lowest BCUT2D eigenvalue weighted by atomic mass is 10.2. The van der Waals surface area contributed by atoms with Crippen LogP contribution in [-0.4, -0.2) is 25.3 Å². The minimum absolute atomic E-state index is 0.348. The van der Waals surface area contributed by atoms with E-state index >= 15 is 0 Å². The van der Waals surface area contributed by atoms with Crippen LogP contribution in [0.15, 0.2) is 84.5 Å². The minimum Gasteiger partial charge on any atom is -0.490 e. The molecule has 170 valence electrons. The van der Waals surface area contributed by atoms with Gasteiger partial charge < -0.3 is 14.2 Å². The van der Waals surface area contributed by atoms with Gasteiger partial charge in [-0.1, -0.05) is 36.4 Å². The van der Waals surface area contributed by atoms with E-state index in [-0.39, 0.29) is 5.91 Å². The van der Waals surface area contributed by atoms with Gasteiger partial charge >= 0.3 is 0 Å². The van der Waals surface area contributed by atoms with E-state index < -0.39 is 0 Å². The first kappa shape index (κ1) is 23.9. The highest BCUT2D eigenvalue weighted by molar-refractivity contribution is 6.30. The topological polar surface area (TPSA) is 69.2 Å². The molecule has 3 aromatic rings. The molecule has 6 nitrogen and oxygen atoms in total. The summed E-state index contributed by atoms with van der Waals surface area (Å²) in [6.07, 6.45) is 3.20. The highest BCUT2D eigenvalue weighted by atomic mass is 35.5. The van der Waals surface area contributed by atoms with Gasteiger partial charge in [-0.25, -0.2) is 5.43 Å². The number of nitrogens with zero attached hydrogens (tertiary/aromatic N) is 1. The Morgan fingerprint density at radius 3 is 2.45 bits per heavy atom. The molecule has 1 amide bonds. The predicted molar refractivity (Wildman–Crippen MR) is 131 cm³/mol. The van der Waals surface area contributed by atoms with Gasteiger partial charge in [0.15, 0.2) is 11.5 Å². The number of amides is 1. The zero-order valence-corrected chi connectivity index (χ0v) is 19.0. The largest absolute Gasteiger partial charge is 0.490 e. The fourth-order valence-corrected chi connectivity index (χ4v) is 2.94. The van der Waals surface area contributed by atoms with E-state index in [0.717, 1.165) is 16.9 Å². The third-order valence-electron chi connectivity index (χ3n) is 4.44. The summed E-state index contributed by atoms with van der Waals surface area (Å²) in [4.78, 5) is 12.4. The summed E-state index contributed by atoms with van der Waals surface area (Å²) >= 11 is 5.89. The second-order valence-corrected chi connectivity index (χ2v) is 7.31. The molecule has 0 spiro atoms. The van der Waals surface area contributed by atoms with Crippen LogP contribution in [0.25, 0.3) is 0 Å². The summed E-state index contributed by atoms with van der Waals surface area (Å²) in [6, 6.07) is 19.9. The molecule has 0 aromatic heterocycles. The maximum Gasteiger partial charge on any atom is 0.271 e. The van der Waals surface area contributed by atoms with E-state index in [2.05, 4.69) is 17.1 Å². The Bertz CT molecular complexity index is 1100. The monoisotopic (exact) mass is 464 g/mol. The molecule has 1 N–H and O–H groups in total. The molecule has 0 saturated carbocycles. The number of ether oxygens (including phenoxy) is 3. The summed E-state index contributed by atoms with van der Waals surface area (Å²) < 4.78 is 16.9. The smallest absolute Gasteiger partial charge is 0.271 e. The van der Waals surface area contributed by atoms with Crippen LogP contribution in [-0.2, 0) is 6.61 Å². The summed E-state index contributed by atoms with van der Waals surface area (Å²) in [6.45, 7) is 6.74. The van der Waals surface area contributed by atoms with E-state index in [1.54, 1.807) is 30.5 Å².